The fourth-order valence-corrected chi connectivity index (χ4v) is 2.27. The van der Waals surface area contributed by atoms with Gasteiger partial charge in [0.2, 0.25) is 0 Å². The van der Waals surface area contributed by atoms with Gasteiger partial charge in [-0.2, -0.15) is 0 Å². The molecule has 1 fully saturated rings. The maximum Gasteiger partial charge on any atom is 0.340 e. The molecule has 0 atom stereocenters. The molecule has 1 aliphatic rings. The average molecular weight is 276 g/mol. The molecular formula is C15H22N3O2+. The number of hydrogen-bond acceptors (Lipinski definition) is 4. The number of esters is 1. The van der Waals surface area contributed by atoms with E-state index in [1.807, 2.05) is 13.0 Å². The lowest BCUT2D eigenvalue weighted by atomic mass is 10.0. The van der Waals surface area contributed by atoms with Gasteiger partial charge in [-0.1, -0.05) is 0 Å². The summed E-state index contributed by atoms with van der Waals surface area (Å²) in [5.41, 5.74) is 8.97. The third-order valence-corrected chi connectivity index (χ3v) is 3.41. The maximum atomic E-state index is 11.8. The molecule has 5 heteroatoms. The van der Waals surface area contributed by atoms with Gasteiger partial charge in [0.25, 0.3) is 0 Å². The molecule has 108 valence electrons. The minimum atomic E-state index is -0.359. The van der Waals surface area contributed by atoms with Crippen molar-refractivity contribution in [3.63, 3.8) is 0 Å². The van der Waals surface area contributed by atoms with E-state index in [0.29, 0.717) is 17.9 Å². The number of benzene rings is 1. The number of carbonyl (C=O) groups excluding carboxylic acids is 1. The van der Waals surface area contributed by atoms with Crippen molar-refractivity contribution < 1.29 is 14.1 Å². The minimum absolute atomic E-state index is 0.353. The molecule has 5 nitrogen and oxygen atoms in total. The third kappa shape index (κ3) is 3.36. The van der Waals surface area contributed by atoms with Crippen LogP contribution in [0.2, 0.25) is 0 Å². The Balaban J connectivity index is 2.28. The van der Waals surface area contributed by atoms with Crippen LogP contribution < -0.4 is 11.1 Å². The first-order valence-electron chi connectivity index (χ1n) is 6.98. The second-order valence-corrected chi connectivity index (χ2v) is 4.93. The Labute approximate surface area is 119 Å². The van der Waals surface area contributed by atoms with E-state index in [9.17, 15) is 4.79 Å². The molecule has 0 spiro atoms. The number of carbonyl (C=O) groups is 1. The molecule has 3 N–H and O–H groups in total. The van der Waals surface area contributed by atoms with Crippen LogP contribution in [0.25, 0.3) is 0 Å². The van der Waals surface area contributed by atoms with Crippen LogP contribution in [0.5, 0.6) is 0 Å². The zero-order chi connectivity index (χ0) is 14.5. The monoisotopic (exact) mass is 276 g/mol. The van der Waals surface area contributed by atoms with Crippen molar-refractivity contribution in [3.05, 3.63) is 28.8 Å². The van der Waals surface area contributed by atoms with Gasteiger partial charge in [-0.05, 0) is 31.5 Å². The Morgan fingerprint density at radius 2 is 2.15 bits per heavy atom. The van der Waals surface area contributed by atoms with Crippen molar-refractivity contribution in [2.45, 2.75) is 13.8 Å². The van der Waals surface area contributed by atoms with E-state index in [1.165, 1.54) is 0 Å². The molecule has 0 saturated carbocycles. The molecular weight excluding hydrogens is 254 g/mol. The summed E-state index contributed by atoms with van der Waals surface area (Å²) in [6.07, 6.45) is 2.11. The van der Waals surface area contributed by atoms with Crippen LogP contribution in [0.15, 0.2) is 12.1 Å². The molecule has 1 aromatic rings. The topological polar surface area (TPSA) is 67.4 Å². The van der Waals surface area contributed by atoms with Gasteiger partial charge in [-0.3, -0.25) is 0 Å². The fraction of sp³-hybridized carbons (Fsp3) is 0.467. The van der Waals surface area contributed by atoms with Crippen molar-refractivity contribution in [3.8, 4) is 0 Å². The summed E-state index contributed by atoms with van der Waals surface area (Å²) >= 11 is 0. The molecule has 0 amide bonds. The van der Waals surface area contributed by atoms with Gasteiger partial charge in [0.05, 0.1) is 25.3 Å². The summed E-state index contributed by atoms with van der Waals surface area (Å²) in [7, 11) is 0. The molecule has 20 heavy (non-hydrogen) atoms. The zero-order valence-electron chi connectivity index (χ0n) is 12.1. The van der Waals surface area contributed by atoms with Crippen LogP contribution >= 0.6 is 0 Å². The van der Waals surface area contributed by atoms with Crippen LogP contribution in [-0.2, 0) is 4.74 Å². The van der Waals surface area contributed by atoms with Gasteiger partial charge in [0.1, 0.15) is 0 Å². The molecule has 1 saturated heterocycles. The van der Waals surface area contributed by atoms with E-state index in [2.05, 4.69) is 16.1 Å². The Morgan fingerprint density at radius 1 is 1.45 bits per heavy atom. The van der Waals surface area contributed by atoms with Crippen LogP contribution in [0.3, 0.4) is 0 Å². The zero-order valence-corrected chi connectivity index (χ0v) is 12.1. The van der Waals surface area contributed by atoms with E-state index in [0.717, 1.165) is 37.3 Å². The molecule has 1 aliphatic heterocycles. The fourth-order valence-electron chi connectivity index (χ4n) is 2.27. The van der Waals surface area contributed by atoms with Gasteiger partial charge >= 0.3 is 5.97 Å². The van der Waals surface area contributed by atoms with E-state index in [1.54, 1.807) is 13.0 Å². The number of nitrogens with two attached hydrogens (primary N) is 1. The predicted molar refractivity (Wildman–Crippen MR) is 79.6 cm³/mol. The van der Waals surface area contributed by atoms with Crippen LogP contribution in [0.1, 0.15) is 28.4 Å². The number of hydrogen-bond donors (Lipinski definition) is 2. The number of nitrogen functional groups attached to an aromatic ring is 1. The number of piperazine rings is 1. The highest BCUT2D eigenvalue weighted by Gasteiger charge is 2.15. The predicted octanol–water partition coefficient (Wildman–Crippen LogP) is 0.789. The quantitative estimate of drug-likeness (QED) is 0.486. The normalized spacial score (nSPS) is 15.0. The number of nitrogens with zero attached hydrogens (tertiary/aromatic N) is 1. The second-order valence-electron chi connectivity index (χ2n) is 4.93. The standard InChI is InChI=1S/C15H21N3O2/c1-3-20-15(19)13-8-11(2)12(9-14(13)16)10-18-6-4-17-5-7-18/h8-10,17H,3-7H2,1-2H3,(H-,16,19)/p+1. The van der Waals surface area contributed by atoms with Crippen molar-refractivity contribution in [1.82, 2.24) is 5.32 Å². The SMILES string of the molecule is CCOC(=O)c1cc(C)c(C=[N+]2CCNCC2)cc1N. The number of ether oxygens (including phenoxy) is 1. The number of rotatable bonds is 3. The smallest absolute Gasteiger partial charge is 0.340 e. The summed E-state index contributed by atoms with van der Waals surface area (Å²) in [6, 6.07) is 3.66. The highest BCUT2D eigenvalue weighted by atomic mass is 16.5. The van der Waals surface area contributed by atoms with Gasteiger partial charge in [0, 0.05) is 11.3 Å². The Hall–Kier alpha value is -1.88. The molecule has 0 aromatic heterocycles. The average Bonchev–Trinajstić information content (AvgIpc) is 2.44. The number of aryl methyl sites for hydroxylation is 1. The summed E-state index contributed by atoms with van der Waals surface area (Å²) < 4.78 is 7.27. The third-order valence-electron chi connectivity index (χ3n) is 3.41. The first-order chi connectivity index (χ1) is 9.61. The second kappa shape index (κ2) is 6.52. The molecule has 0 bridgehead atoms. The first-order valence-corrected chi connectivity index (χ1v) is 6.98. The molecule has 1 aromatic carbocycles. The van der Waals surface area contributed by atoms with Crippen molar-refractivity contribution >= 4 is 17.9 Å². The Morgan fingerprint density at radius 3 is 2.80 bits per heavy atom. The lowest BCUT2D eigenvalue weighted by molar-refractivity contribution is -0.527. The van der Waals surface area contributed by atoms with Crippen molar-refractivity contribution in [1.29, 1.82) is 0 Å². The Kier molecular flexibility index (Phi) is 4.74. The number of nitrogens with one attached hydrogen (secondary N) is 1. The molecule has 0 unspecified atom stereocenters. The molecule has 0 radical (unpaired) electrons. The van der Waals surface area contributed by atoms with Crippen LogP contribution in [0.4, 0.5) is 5.69 Å². The Bertz CT molecular complexity index is 530. The van der Waals surface area contributed by atoms with E-state index in [-0.39, 0.29) is 5.97 Å². The van der Waals surface area contributed by atoms with Gasteiger partial charge in [0.15, 0.2) is 19.3 Å². The lowest BCUT2D eigenvalue weighted by Gasteiger charge is -2.12. The van der Waals surface area contributed by atoms with Gasteiger partial charge in [-0.15, -0.1) is 0 Å². The summed E-state index contributed by atoms with van der Waals surface area (Å²) in [6.45, 7) is 8.07. The minimum Gasteiger partial charge on any atom is -0.462 e. The van der Waals surface area contributed by atoms with Gasteiger partial charge < -0.3 is 15.8 Å². The summed E-state index contributed by atoms with van der Waals surface area (Å²) in [4.78, 5) is 11.8. The van der Waals surface area contributed by atoms with Crippen LogP contribution in [-0.4, -0.2) is 49.5 Å². The summed E-state index contributed by atoms with van der Waals surface area (Å²) in [5, 5.41) is 3.32. The molecule has 1 heterocycles. The van der Waals surface area contributed by atoms with E-state index >= 15 is 0 Å². The first kappa shape index (κ1) is 14.5. The van der Waals surface area contributed by atoms with Crippen LogP contribution in [0, 0.1) is 6.92 Å². The lowest BCUT2D eigenvalue weighted by Crippen LogP contribution is -2.38. The van der Waals surface area contributed by atoms with Crippen molar-refractivity contribution in [2.24, 2.45) is 0 Å². The van der Waals surface area contributed by atoms with Gasteiger partial charge in [-0.25, -0.2) is 9.37 Å². The molecule has 2 rings (SSSR count). The number of anilines is 1. The van der Waals surface area contributed by atoms with Crippen molar-refractivity contribution in [2.75, 3.05) is 38.5 Å². The van der Waals surface area contributed by atoms with E-state index in [4.69, 9.17) is 10.5 Å². The summed E-state index contributed by atoms with van der Waals surface area (Å²) in [5.74, 6) is -0.359. The molecule has 0 aliphatic carbocycles. The maximum absolute atomic E-state index is 11.8. The van der Waals surface area contributed by atoms with E-state index < -0.39 is 0 Å². The largest absolute Gasteiger partial charge is 0.462 e. The highest BCUT2D eigenvalue weighted by molar-refractivity contribution is 5.97. The highest BCUT2D eigenvalue weighted by Crippen LogP contribution is 2.18.